The molecule has 0 atom stereocenters. The number of hydrogen-bond acceptors (Lipinski definition) is 8. The Morgan fingerprint density at radius 2 is 1.17 bits per heavy atom. The van der Waals surface area contributed by atoms with Crippen LogP contribution in [-0.4, -0.2) is 29.9 Å². The number of rotatable bonds is 0. The lowest BCUT2D eigenvalue weighted by molar-refractivity contribution is 1.21. The molecule has 24 heavy (non-hydrogen) atoms. The number of nitrogens with zero attached hydrogens (tertiary/aromatic N) is 9. The van der Waals surface area contributed by atoms with Crippen molar-refractivity contribution in [3.05, 3.63) is 41.4 Å². The topological polar surface area (TPSA) is 129 Å². The van der Waals surface area contributed by atoms with Crippen LogP contribution in [0.4, 0.5) is 5.82 Å². The van der Waals surface area contributed by atoms with Gasteiger partial charge in [0.25, 0.3) is 5.82 Å². The van der Waals surface area contributed by atoms with Crippen LogP contribution in [0.15, 0.2) is 18.6 Å². The standard InChI is InChI=1S/C15H3N9/c1-18-9-6-21-12-14-10(19-4-7(2-16)23-14)13-11(15(12)24-9)20-5-8(3-17)22-13/h4-6H. The van der Waals surface area contributed by atoms with Gasteiger partial charge in [-0.05, 0) is 0 Å². The molecule has 0 fully saturated rings. The molecular weight excluding hydrogens is 306 g/mol. The minimum atomic E-state index is 0.0960. The molecule has 3 aromatic heterocycles. The monoisotopic (exact) mass is 309 g/mol. The van der Waals surface area contributed by atoms with E-state index in [0.29, 0.717) is 33.1 Å². The van der Waals surface area contributed by atoms with Crippen molar-refractivity contribution < 1.29 is 0 Å². The number of fused-ring (bicyclic) bond motifs is 6. The lowest BCUT2D eigenvalue weighted by Crippen LogP contribution is -1.98. The maximum Gasteiger partial charge on any atom is 0.288 e. The number of nitriles is 2. The summed E-state index contributed by atoms with van der Waals surface area (Å²) in [6.07, 6.45) is 3.95. The first-order valence-electron chi connectivity index (χ1n) is 6.55. The second-order valence-corrected chi connectivity index (χ2v) is 4.67. The average molecular weight is 309 g/mol. The third kappa shape index (κ3) is 1.78. The van der Waals surface area contributed by atoms with Crippen LogP contribution in [0.2, 0.25) is 0 Å². The van der Waals surface area contributed by atoms with E-state index >= 15 is 0 Å². The molecule has 0 amide bonds. The van der Waals surface area contributed by atoms with Gasteiger partial charge in [-0.25, -0.2) is 19.9 Å². The van der Waals surface area contributed by atoms with Gasteiger partial charge in [-0.3, -0.25) is 4.98 Å². The first-order chi connectivity index (χ1) is 11.7. The van der Waals surface area contributed by atoms with E-state index in [1.54, 1.807) is 0 Å². The van der Waals surface area contributed by atoms with E-state index in [4.69, 9.17) is 17.1 Å². The molecule has 9 heteroatoms. The Morgan fingerprint density at radius 3 is 1.62 bits per heavy atom. The van der Waals surface area contributed by atoms with E-state index in [2.05, 4.69) is 34.7 Å². The number of aromatic nitrogens is 6. The molecule has 0 radical (unpaired) electrons. The zero-order valence-electron chi connectivity index (χ0n) is 11.8. The summed E-state index contributed by atoms with van der Waals surface area (Å²) >= 11 is 0. The zero-order chi connectivity index (χ0) is 16.7. The normalized spacial score (nSPS) is 10.4. The second kappa shape index (κ2) is 4.87. The van der Waals surface area contributed by atoms with Crippen molar-refractivity contribution in [3.63, 3.8) is 0 Å². The fourth-order valence-electron chi connectivity index (χ4n) is 2.33. The molecule has 4 rings (SSSR count). The summed E-state index contributed by atoms with van der Waals surface area (Å²) < 4.78 is 0. The Labute approximate surface area is 133 Å². The summed E-state index contributed by atoms with van der Waals surface area (Å²) in [7, 11) is 0. The number of benzene rings is 1. The van der Waals surface area contributed by atoms with Crippen LogP contribution in [0.25, 0.3) is 37.9 Å². The molecule has 0 spiro atoms. The maximum atomic E-state index is 9.05. The van der Waals surface area contributed by atoms with Crippen molar-refractivity contribution in [1.29, 1.82) is 10.5 Å². The van der Waals surface area contributed by atoms with Crippen molar-refractivity contribution in [3.8, 4) is 12.1 Å². The van der Waals surface area contributed by atoms with E-state index in [-0.39, 0.29) is 17.2 Å². The van der Waals surface area contributed by atoms with Gasteiger partial charge in [0.15, 0.2) is 11.4 Å². The van der Waals surface area contributed by atoms with E-state index in [1.165, 1.54) is 18.6 Å². The third-order valence-corrected chi connectivity index (χ3v) is 3.32. The molecule has 0 unspecified atom stereocenters. The molecule has 0 N–H and O–H groups in total. The quantitative estimate of drug-likeness (QED) is 0.355. The second-order valence-electron chi connectivity index (χ2n) is 4.67. The van der Waals surface area contributed by atoms with E-state index in [1.807, 2.05) is 12.1 Å². The lowest BCUT2D eigenvalue weighted by atomic mass is 10.2. The van der Waals surface area contributed by atoms with Crippen molar-refractivity contribution in [2.75, 3.05) is 0 Å². The maximum absolute atomic E-state index is 9.05. The molecule has 1 aromatic carbocycles. The predicted molar refractivity (Wildman–Crippen MR) is 81.4 cm³/mol. The van der Waals surface area contributed by atoms with Crippen LogP contribution in [0, 0.1) is 29.2 Å². The smallest absolute Gasteiger partial charge is 0.288 e. The van der Waals surface area contributed by atoms with Gasteiger partial charge >= 0.3 is 0 Å². The van der Waals surface area contributed by atoms with Gasteiger partial charge < -0.3 is 4.85 Å². The fourth-order valence-corrected chi connectivity index (χ4v) is 2.33. The van der Waals surface area contributed by atoms with Gasteiger partial charge in [-0.2, -0.15) is 10.5 Å². The molecule has 4 aromatic rings. The summed E-state index contributed by atoms with van der Waals surface area (Å²) in [5, 5.41) is 18.1. The van der Waals surface area contributed by atoms with Gasteiger partial charge in [-0.1, -0.05) is 6.57 Å². The van der Waals surface area contributed by atoms with Crippen LogP contribution in [-0.2, 0) is 0 Å². The van der Waals surface area contributed by atoms with E-state index in [0.717, 1.165) is 0 Å². The summed E-state index contributed by atoms with van der Waals surface area (Å²) in [5.41, 5.74) is 2.31. The van der Waals surface area contributed by atoms with Crippen LogP contribution < -0.4 is 0 Å². The largest absolute Gasteiger partial charge is 0.359 e. The van der Waals surface area contributed by atoms with E-state index in [9.17, 15) is 0 Å². The minimum Gasteiger partial charge on any atom is -0.359 e. The molecule has 0 bridgehead atoms. The van der Waals surface area contributed by atoms with Gasteiger partial charge in [0, 0.05) is 0 Å². The molecule has 0 aliphatic heterocycles. The van der Waals surface area contributed by atoms with Gasteiger partial charge in [0.1, 0.15) is 39.7 Å². The van der Waals surface area contributed by atoms with Crippen LogP contribution >= 0.6 is 0 Å². The predicted octanol–water partition coefficient (Wildman–Crippen LogP) is 1.81. The number of hydrogen-bond donors (Lipinski definition) is 0. The van der Waals surface area contributed by atoms with E-state index < -0.39 is 0 Å². The molecule has 0 aliphatic carbocycles. The summed E-state index contributed by atoms with van der Waals surface area (Å²) in [5.74, 6) is 0.0960. The van der Waals surface area contributed by atoms with Crippen molar-refractivity contribution in [2.24, 2.45) is 0 Å². The van der Waals surface area contributed by atoms with Gasteiger partial charge in [0.05, 0.1) is 18.6 Å². The molecule has 9 nitrogen and oxygen atoms in total. The summed E-state index contributed by atoms with van der Waals surface area (Å²) in [4.78, 5) is 28.6. The van der Waals surface area contributed by atoms with Crippen molar-refractivity contribution >= 4 is 38.9 Å². The highest BCUT2D eigenvalue weighted by molar-refractivity contribution is 6.18. The highest BCUT2D eigenvalue weighted by Crippen LogP contribution is 2.29. The Morgan fingerprint density at radius 1 is 0.708 bits per heavy atom. The average Bonchev–Trinajstić information content (AvgIpc) is 2.66. The molecule has 3 heterocycles. The van der Waals surface area contributed by atoms with Crippen LogP contribution in [0.3, 0.4) is 0 Å². The third-order valence-electron chi connectivity index (χ3n) is 3.32. The minimum absolute atomic E-state index is 0.0960. The molecule has 0 saturated heterocycles. The summed E-state index contributed by atoms with van der Waals surface area (Å²) in [6.45, 7) is 7.09. The van der Waals surface area contributed by atoms with Crippen LogP contribution in [0.5, 0.6) is 0 Å². The molecule has 0 saturated carbocycles. The van der Waals surface area contributed by atoms with Gasteiger partial charge in [-0.15, -0.1) is 4.98 Å². The summed E-state index contributed by atoms with van der Waals surface area (Å²) in [6, 6.07) is 3.84. The Hall–Kier alpha value is -4.29. The highest BCUT2D eigenvalue weighted by atomic mass is 15.0. The zero-order valence-corrected chi connectivity index (χ0v) is 11.8. The SMILES string of the molecule is [C-]#[N+]c1cnc2c3nc(C#N)cnc3c3nc(C#N)cnc3c2n1. The fraction of sp³-hybridized carbons (Fsp3) is 0. The van der Waals surface area contributed by atoms with Crippen molar-refractivity contribution in [1.82, 2.24) is 29.9 Å². The molecule has 108 valence electrons. The van der Waals surface area contributed by atoms with Gasteiger partial charge in [0.2, 0.25) is 5.52 Å². The molecule has 0 aliphatic rings. The lowest BCUT2D eigenvalue weighted by Gasteiger charge is -2.05. The Bertz CT molecular complexity index is 1100. The van der Waals surface area contributed by atoms with Crippen LogP contribution in [0.1, 0.15) is 11.4 Å². The van der Waals surface area contributed by atoms with Crippen molar-refractivity contribution in [2.45, 2.75) is 0 Å². The highest BCUT2D eigenvalue weighted by Gasteiger charge is 2.19. The first-order valence-corrected chi connectivity index (χ1v) is 6.55. The Kier molecular flexibility index (Phi) is 2.72. The Balaban J connectivity index is 2.33. The molecular formula is C15H3N9. The first kappa shape index (κ1) is 13.4.